The molecule has 5 nitrogen and oxygen atoms in total. The van der Waals surface area contributed by atoms with Gasteiger partial charge < -0.3 is 20.5 Å². The number of aliphatic hydroxyl groups is 1. The summed E-state index contributed by atoms with van der Waals surface area (Å²) in [5.74, 6) is 0. The fourth-order valence-electron chi connectivity index (χ4n) is 1.57. The molecule has 106 valence electrons. The molecule has 0 aliphatic carbocycles. The number of amides is 2. The van der Waals surface area contributed by atoms with Gasteiger partial charge in [0.15, 0.2) is 0 Å². The fourth-order valence-corrected chi connectivity index (χ4v) is 1.99. The molecule has 6 heteroatoms. The first-order chi connectivity index (χ1) is 9.02. The summed E-state index contributed by atoms with van der Waals surface area (Å²) in [6.07, 6.45) is -0.697. The van der Waals surface area contributed by atoms with E-state index < -0.39 is 6.10 Å². The molecule has 2 atom stereocenters. The van der Waals surface area contributed by atoms with Crippen molar-refractivity contribution in [2.24, 2.45) is 0 Å². The molecule has 0 aliphatic rings. The van der Waals surface area contributed by atoms with Crippen LogP contribution in [0.4, 0.5) is 4.79 Å². The highest BCUT2D eigenvalue weighted by atomic mass is 79.9. The number of carbonyl (C=O) groups is 1. The molecule has 0 radical (unpaired) electrons. The van der Waals surface area contributed by atoms with Gasteiger partial charge in [0.2, 0.25) is 0 Å². The minimum atomic E-state index is -0.697. The third-order valence-corrected chi connectivity index (χ3v) is 3.05. The minimum absolute atomic E-state index is 0.114. The van der Waals surface area contributed by atoms with Crippen molar-refractivity contribution in [3.63, 3.8) is 0 Å². The van der Waals surface area contributed by atoms with Crippen molar-refractivity contribution in [3.05, 3.63) is 34.3 Å². The van der Waals surface area contributed by atoms with Crippen LogP contribution in [0.15, 0.2) is 28.7 Å². The number of halogens is 1. The summed E-state index contributed by atoms with van der Waals surface area (Å²) in [7, 11) is 1.50. The zero-order chi connectivity index (χ0) is 14.3. The summed E-state index contributed by atoms with van der Waals surface area (Å²) < 4.78 is 5.74. The molecule has 0 bridgehead atoms. The van der Waals surface area contributed by atoms with E-state index >= 15 is 0 Å². The van der Waals surface area contributed by atoms with Gasteiger partial charge in [0, 0.05) is 18.1 Å². The van der Waals surface area contributed by atoms with Gasteiger partial charge in [-0.1, -0.05) is 28.1 Å². The molecule has 0 heterocycles. The zero-order valence-electron chi connectivity index (χ0n) is 11.0. The van der Waals surface area contributed by atoms with Crippen molar-refractivity contribution in [2.45, 2.75) is 19.1 Å². The van der Waals surface area contributed by atoms with E-state index in [-0.39, 0.29) is 25.2 Å². The van der Waals surface area contributed by atoms with Gasteiger partial charge in [-0.05, 0) is 24.6 Å². The number of nitrogens with one attached hydrogen (secondary N) is 2. The van der Waals surface area contributed by atoms with Crippen LogP contribution >= 0.6 is 15.9 Å². The van der Waals surface area contributed by atoms with Crippen molar-refractivity contribution < 1.29 is 14.6 Å². The van der Waals surface area contributed by atoms with Crippen LogP contribution in [0.5, 0.6) is 0 Å². The number of aliphatic hydroxyl groups excluding tert-OH is 1. The Labute approximate surface area is 121 Å². The molecule has 0 saturated heterocycles. The predicted octanol–water partition coefficient (Wildman–Crippen LogP) is 1.82. The van der Waals surface area contributed by atoms with E-state index in [1.54, 1.807) is 0 Å². The molecule has 0 aliphatic heterocycles. The number of carbonyl (C=O) groups excluding carboxylic acids is 1. The molecule has 1 aromatic rings. The minimum Gasteiger partial charge on any atom is -0.389 e. The van der Waals surface area contributed by atoms with E-state index in [9.17, 15) is 9.90 Å². The topological polar surface area (TPSA) is 70.6 Å². The smallest absolute Gasteiger partial charge is 0.315 e. The van der Waals surface area contributed by atoms with Crippen molar-refractivity contribution in [1.82, 2.24) is 10.6 Å². The van der Waals surface area contributed by atoms with E-state index in [1.807, 2.05) is 31.2 Å². The van der Waals surface area contributed by atoms with Crippen LogP contribution < -0.4 is 10.6 Å². The summed E-state index contributed by atoms with van der Waals surface area (Å²) in [4.78, 5) is 11.6. The fraction of sp³-hybridized carbons (Fsp3) is 0.462. The molecule has 1 aromatic carbocycles. The molecule has 0 fully saturated rings. The van der Waals surface area contributed by atoms with Gasteiger partial charge in [0.05, 0.1) is 18.8 Å². The van der Waals surface area contributed by atoms with E-state index in [0.717, 1.165) is 10.0 Å². The highest BCUT2D eigenvalue weighted by Gasteiger charge is 2.11. The Hall–Kier alpha value is -1.11. The molecule has 1 rings (SSSR count). The number of urea groups is 1. The Morgan fingerprint density at radius 3 is 2.89 bits per heavy atom. The average molecular weight is 331 g/mol. The standard InChI is InChI=1S/C13H19BrN2O3/c1-9(10-4-3-5-11(14)6-10)16-13(18)15-7-12(17)8-19-2/h3-6,9,12,17H,7-8H2,1-2H3,(H2,15,16,18). The van der Waals surface area contributed by atoms with Crippen molar-refractivity contribution >= 4 is 22.0 Å². The number of methoxy groups -OCH3 is 1. The Bertz CT molecular complexity index is 415. The van der Waals surface area contributed by atoms with Gasteiger partial charge in [-0.15, -0.1) is 0 Å². The summed E-state index contributed by atoms with van der Waals surface area (Å²) in [5.41, 5.74) is 1.00. The molecule has 2 amide bonds. The summed E-state index contributed by atoms with van der Waals surface area (Å²) in [6.45, 7) is 2.25. The van der Waals surface area contributed by atoms with Crippen molar-refractivity contribution in [3.8, 4) is 0 Å². The third-order valence-electron chi connectivity index (χ3n) is 2.55. The maximum atomic E-state index is 11.6. The maximum absolute atomic E-state index is 11.6. The second kappa shape index (κ2) is 8.14. The molecular formula is C13H19BrN2O3. The third kappa shape index (κ3) is 6.04. The Balaban J connectivity index is 2.40. The van der Waals surface area contributed by atoms with Crippen LogP contribution in [0.3, 0.4) is 0 Å². The van der Waals surface area contributed by atoms with Gasteiger partial charge in [0.1, 0.15) is 0 Å². The molecule has 0 saturated carbocycles. The van der Waals surface area contributed by atoms with E-state index in [1.165, 1.54) is 7.11 Å². The van der Waals surface area contributed by atoms with Crippen LogP contribution in [0.2, 0.25) is 0 Å². The second-order valence-electron chi connectivity index (χ2n) is 4.24. The highest BCUT2D eigenvalue weighted by Crippen LogP contribution is 2.17. The van der Waals surface area contributed by atoms with E-state index in [2.05, 4.69) is 26.6 Å². The summed E-state index contributed by atoms with van der Waals surface area (Å²) >= 11 is 3.39. The van der Waals surface area contributed by atoms with E-state index in [0.29, 0.717) is 0 Å². The first-order valence-corrected chi connectivity index (χ1v) is 6.79. The number of hydrogen-bond acceptors (Lipinski definition) is 3. The largest absolute Gasteiger partial charge is 0.389 e. The van der Waals surface area contributed by atoms with Crippen molar-refractivity contribution in [2.75, 3.05) is 20.3 Å². The lowest BCUT2D eigenvalue weighted by molar-refractivity contribution is 0.0659. The van der Waals surface area contributed by atoms with Gasteiger partial charge in [-0.25, -0.2) is 4.79 Å². The maximum Gasteiger partial charge on any atom is 0.315 e. The SMILES string of the molecule is COCC(O)CNC(=O)NC(C)c1cccc(Br)c1. The highest BCUT2D eigenvalue weighted by molar-refractivity contribution is 9.10. The average Bonchev–Trinajstić information content (AvgIpc) is 2.36. The zero-order valence-corrected chi connectivity index (χ0v) is 12.6. The van der Waals surface area contributed by atoms with Gasteiger partial charge in [-0.3, -0.25) is 0 Å². The van der Waals surface area contributed by atoms with Crippen LogP contribution in [-0.2, 0) is 4.74 Å². The Morgan fingerprint density at radius 2 is 2.26 bits per heavy atom. The normalized spacial score (nSPS) is 13.7. The molecule has 19 heavy (non-hydrogen) atoms. The molecule has 3 N–H and O–H groups in total. The Morgan fingerprint density at radius 1 is 1.53 bits per heavy atom. The number of ether oxygens (including phenoxy) is 1. The second-order valence-corrected chi connectivity index (χ2v) is 5.16. The predicted molar refractivity (Wildman–Crippen MR) is 77.0 cm³/mol. The molecule has 0 aromatic heterocycles. The number of hydrogen-bond donors (Lipinski definition) is 3. The van der Waals surface area contributed by atoms with Crippen LogP contribution in [0, 0.1) is 0 Å². The summed E-state index contributed by atoms with van der Waals surface area (Å²) in [5, 5.41) is 14.8. The summed E-state index contributed by atoms with van der Waals surface area (Å²) in [6, 6.07) is 7.30. The number of rotatable bonds is 6. The van der Waals surface area contributed by atoms with Gasteiger partial charge in [-0.2, -0.15) is 0 Å². The molecular weight excluding hydrogens is 312 g/mol. The van der Waals surface area contributed by atoms with Crippen LogP contribution in [-0.4, -0.2) is 37.5 Å². The van der Waals surface area contributed by atoms with Gasteiger partial charge in [0.25, 0.3) is 0 Å². The first-order valence-electron chi connectivity index (χ1n) is 5.99. The lowest BCUT2D eigenvalue weighted by Gasteiger charge is -2.16. The molecule has 0 spiro atoms. The lowest BCUT2D eigenvalue weighted by Crippen LogP contribution is -2.41. The number of benzene rings is 1. The van der Waals surface area contributed by atoms with Crippen LogP contribution in [0.25, 0.3) is 0 Å². The van der Waals surface area contributed by atoms with Gasteiger partial charge >= 0.3 is 6.03 Å². The molecule has 2 unspecified atom stereocenters. The Kier molecular flexibility index (Phi) is 6.83. The monoisotopic (exact) mass is 330 g/mol. The first kappa shape index (κ1) is 15.9. The lowest BCUT2D eigenvalue weighted by atomic mass is 10.1. The van der Waals surface area contributed by atoms with Crippen LogP contribution in [0.1, 0.15) is 18.5 Å². The van der Waals surface area contributed by atoms with Crippen molar-refractivity contribution in [1.29, 1.82) is 0 Å². The quantitative estimate of drug-likeness (QED) is 0.745. The van der Waals surface area contributed by atoms with E-state index in [4.69, 9.17) is 4.74 Å².